The second kappa shape index (κ2) is 10.2. The van der Waals surface area contributed by atoms with E-state index in [2.05, 4.69) is 10.0 Å². The fourth-order valence-electron chi connectivity index (χ4n) is 3.40. The van der Waals surface area contributed by atoms with Crippen LogP contribution in [0, 0.1) is 5.82 Å². The Morgan fingerprint density at radius 2 is 1.83 bits per heavy atom. The molecule has 0 bridgehead atoms. The van der Waals surface area contributed by atoms with Gasteiger partial charge in [-0.3, -0.25) is 4.79 Å². The Labute approximate surface area is 201 Å². The number of amides is 1. The molecule has 11 heteroatoms. The Kier molecular flexibility index (Phi) is 7.08. The van der Waals surface area contributed by atoms with Gasteiger partial charge in [-0.2, -0.15) is 0 Å². The molecular weight excluding hydrogens is 479 g/mol. The summed E-state index contributed by atoms with van der Waals surface area (Å²) in [5.74, 6) is 0.112. The summed E-state index contributed by atoms with van der Waals surface area (Å²) in [5.41, 5.74) is -0.221. The smallest absolute Gasteiger partial charge is 0.258 e. The number of halogens is 1. The van der Waals surface area contributed by atoms with E-state index < -0.39 is 33.4 Å². The molecule has 3 aromatic rings. The number of fused-ring (bicyclic) bond motifs is 1. The molecule has 0 fully saturated rings. The maximum absolute atomic E-state index is 14.5. The van der Waals surface area contributed by atoms with Gasteiger partial charge < -0.3 is 24.3 Å². The van der Waals surface area contributed by atoms with Gasteiger partial charge in [0.05, 0.1) is 36.9 Å². The minimum atomic E-state index is -4.08. The molecule has 3 aromatic carbocycles. The van der Waals surface area contributed by atoms with Crippen LogP contribution in [0.3, 0.4) is 0 Å². The van der Waals surface area contributed by atoms with E-state index >= 15 is 0 Å². The molecule has 1 amide bonds. The summed E-state index contributed by atoms with van der Waals surface area (Å²) in [6.45, 7) is 0.0650. The van der Waals surface area contributed by atoms with Crippen LogP contribution in [-0.2, 0) is 10.0 Å². The summed E-state index contributed by atoms with van der Waals surface area (Å²) in [4.78, 5) is 12.5. The first-order chi connectivity index (χ1) is 16.8. The van der Waals surface area contributed by atoms with Gasteiger partial charge in [0.15, 0.2) is 11.5 Å². The number of para-hydroxylation sites is 2. The van der Waals surface area contributed by atoms with Gasteiger partial charge in [0.25, 0.3) is 5.91 Å². The van der Waals surface area contributed by atoms with Crippen molar-refractivity contribution in [1.82, 2.24) is 4.72 Å². The van der Waals surface area contributed by atoms with Gasteiger partial charge in [-0.05, 0) is 42.5 Å². The molecule has 2 N–H and O–H groups in total. The number of benzene rings is 3. The molecule has 1 atom stereocenters. The number of hydrogen-bond acceptors (Lipinski definition) is 7. The van der Waals surface area contributed by atoms with E-state index in [1.54, 1.807) is 36.4 Å². The fourth-order valence-corrected chi connectivity index (χ4v) is 4.49. The highest BCUT2D eigenvalue weighted by Gasteiger charge is 2.25. The van der Waals surface area contributed by atoms with Gasteiger partial charge in [0, 0.05) is 6.07 Å². The van der Waals surface area contributed by atoms with Gasteiger partial charge >= 0.3 is 0 Å². The number of nitrogens with one attached hydrogen (secondary N) is 2. The molecule has 1 aliphatic heterocycles. The van der Waals surface area contributed by atoms with Crippen molar-refractivity contribution in [3.05, 3.63) is 72.0 Å². The molecule has 1 heterocycles. The molecule has 0 saturated carbocycles. The lowest BCUT2D eigenvalue weighted by molar-refractivity contribution is 0.0943. The molecule has 1 aliphatic rings. The van der Waals surface area contributed by atoms with Crippen molar-refractivity contribution in [2.24, 2.45) is 0 Å². The monoisotopic (exact) mass is 502 g/mol. The second-order valence-electron chi connectivity index (χ2n) is 7.51. The van der Waals surface area contributed by atoms with Gasteiger partial charge in [-0.1, -0.05) is 12.1 Å². The molecule has 4 rings (SSSR count). The number of ether oxygens (including phenoxy) is 4. The predicted molar refractivity (Wildman–Crippen MR) is 125 cm³/mol. The summed E-state index contributed by atoms with van der Waals surface area (Å²) in [6, 6.07) is 14.7. The van der Waals surface area contributed by atoms with E-state index in [-0.39, 0.29) is 23.7 Å². The molecule has 0 saturated heterocycles. The SMILES string of the molecule is COc1ccc(OC)c(NC(=O)c2cc(S(=O)(=O)NC[C@@H]3COc4ccccc4O3)ccc2F)c1. The minimum Gasteiger partial charge on any atom is -0.497 e. The lowest BCUT2D eigenvalue weighted by Crippen LogP contribution is -2.40. The molecule has 0 aromatic heterocycles. The number of anilines is 1. The fraction of sp³-hybridized carbons (Fsp3) is 0.208. The number of methoxy groups -OCH3 is 2. The molecule has 0 spiro atoms. The van der Waals surface area contributed by atoms with Crippen LogP contribution >= 0.6 is 0 Å². The lowest BCUT2D eigenvalue weighted by Gasteiger charge is -2.26. The van der Waals surface area contributed by atoms with E-state index in [1.807, 2.05) is 0 Å². The molecule has 0 unspecified atom stereocenters. The molecule has 35 heavy (non-hydrogen) atoms. The van der Waals surface area contributed by atoms with Crippen molar-refractivity contribution < 1.29 is 36.6 Å². The third-order valence-corrected chi connectivity index (χ3v) is 6.64. The number of carbonyl (C=O) groups excluding carboxylic acids is 1. The molecule has 0 aliphatic carbocycles. The quantitative estimate of drug-likeness (QED) is 0.486. The van der Waals surface area contributed by atoms with Crippen molar-refractivity contribution in [2.75, 3.05) is 32.7 Å². The lowest BCUT2D eigenvalue weighted by atomic mass is 10.2. The van der Waals surface area contributed by atoms with Crippen molar-refractivity contribution in [1.29, 1.82) is 0 Å². The van der Waals surface area contributed by atoms with Gasteiger partial charge in [-0.25, -0.2) is 17.5 Å². The van der Waals surface area contributed by atoms with Crippen LogP contribution in [0.4, 0.5) is 10.1 Å². The van der Waals surface area contributed by atoms with Crippen LogP contribution in [0.25, 0.3) is 0 Å². The zero-order valence-corrected chi connectivity index (χ0v) is 19.7. The van der Waals surface area contributed by atoms with Crippen LogP contribution in [0.1, 0.15) is 10.4 Å². The van der Waals surface area contributed by atoms with Crippen LogP contribution in [-0.4, -0.2) is 47.8 Å². The number of rotatable bonds is 8. The summed E-state index contributed by atoms with van der Waals surface area (Å²) in [5, 5.41) is 2.53. The minimum absolute atomic E-state index is 0.0867. The first kappa shape index (κ1) is 24.3. The summed E-state index contributed by atoms with van der Waals surface area (Å²) in [7, 11) is -1.21. The van der Waals surface area contributed by atoms with Crippen molar-refractivity contribution in [3.63, 3.8) is 0 Å². The number of sulfonamides is 1. The Hall–Kier alpha value is -3.83. The van der Waals surface area contributed by atoms with Gasteiger partial charge in [0.1, 0.15) is 30.0 Å². The largest absolute Gasteiger partial charge is 0.497 e. The summed E-state index contributed by atoms with van der Waals surface area (Å²) >= 11 is 0. The van der Waals surface area contributed by atoms with Crippen LogP contribution < -0.4 is 29.0 Å². The maximum Gasteiger partial charge on any atom is 0.258 e. The van der Waals surface area contributed by atoms with E-state index in [4.69, 9.17) is 18.9 Å². The first-order valence-corrected chi connectivity index (χ1v) is 12.0. The Bertz CT molecular complexity index is 1350. The average Bonchev–Trinajstić information content (AvgIpc) is 2.87. The second-order valence-corrected chi connectivity index (χ2v) is 9.28. The summed E-state index contributed by atoms with van der Waals surface area (Å²) in [6.07, 6.45) is -0.566. The average molecular weight is 503 g/mol. The Morgan fingerprint density at radius 3 is 2.57 bits per heavy atom. The van der Waals surface area contributed by atoms with E-state index in [1.165, 1.54) is 20.3 Å². The molecular formula is C24H23FN2O7S. The molecule has 184 valence electrons. The standard InChI is InChI=1S/C24H23FN2O7S/c1-31-15-7-10-21(32-2)20(11-15)27-24(28)18-12-17(8-9-19(18)25)35(29,30)26-13-16-14-33-22-5-3-4-6-23(22)34-16/h3-12,16,26H,13-14H2,1-2H3,(H,27,28)/t16-/m1/s1. The van der Waals surface area contributed by atoms with E-state index in [0.29, 0.717) is 23.0 Å². The van der Waals surface area contributed by atoms with Crippen molar-refractivity contribution in [2.45, 2.75) is 11.0 Å². The van der Waals surface area contributed by atoms with E-state index in [9.17, 15) is 17.6 Å². The maximum atomic E-state index is 14.5. The number of carbonyl (C=O) groups is 1. The predicted octanol–water partition coefficient (Wildman–Crippen LogP) is 3.21. The van der Waals surface area contributed by atoms with E-state index in [0.717, 1.165) is 18.2 Å². The Balaban J connectivity index is 1.49. The first-order valence-electron chi connectivity index (χ1n) is 10.5. The van der Waals surface area contributed by atoms with Crippen molar-refractivity contribution in [3.8, 4) is 23.0 Å². The zero-order chi connectivity index (χ0) is 25.0. The highest BCUT2D eigenvalue weighted by atomic mass is 32.2. The third-order valence-electron chi connectivity index (χ3n) is 5.22. The highest BCUT2D eigenvalue weighted by molar-refractivity contribution is 7.89. The zero-order valence-electron chi connectivity index (χ0n) is 18.9. The highest BCUT2D eigenvalue weighted by Crippen LogP contribution is 2.31. The van der Waals surface area contributed by atoms with Gasteiger partial charge in [-0.15, -0.1) is 0 Å². The normalized spacial score (nSPS) is 14.8. The topological polar surface area (TPSA) is 112 Å². The molecule has 0 radical (unpaired) electrons. The van der Waals surface area contributed by atoms with Gasteiger partial charge in [0.2, 0.25) is 10.0 Å². The van der Waals surface area contributed by atoms with Crippen LogP contribution in [0.2, 0.25) is 0 Å². The molecule has 9 nitrogen and oxygen atoms in total. The van der Waals surface area contributed by atoms with Crippen molar-refractivity contribution >= 4 is 21.6 Å². The third kappa shape index (κ3) is 5.47. The Morgan fingerprint density at radius 1 is 1.06 bits per heavy atom. The number of hydrogen-bond donors (Lipinski definition) is 2. The van der Waals surface area contributed by atoms with Crippen LogP contribution in [0.5, 0.6) is 23.0 Å². The summed E-state index contributed by atoms with van der Waals surface area (Å²) < 4.78 is 64.3. The van der Waals surface area contributed by atoms with Crippen LogP contribution in [0.15, 0.2) is 65.6 Å².